The van der Waals surface area contributed by atoms with Crippen LogP contribution in [0.15, 0.2) is 59.6 Å². The molecule has 0 saturated carbocycles. The summed E-state index contributed by atoms with van der Waals surface area (Å²) in [4.78, 5) is 12.6. The Labute approximate surface area is 163 Å². The molecule has 3 aromatic rings. The molecule has 0 aliphatic carbocycles. The van der Waals surface area contributed by atoms with Gasteiger partial charge >= 0.3 is 5.97 Å². The molecule has 0 N–H and O–H groups in total. The fourth-order valence-corrected chi connectivity index (χ4v) is 3.91. The van der Waals surface area contributed by atoms with E-state index in [0.29, 0.717) is 12.2 Å². The fourth-order valence-electron chi connectivity index (χ4n) is 2.80. The van der Waals surface area contributed by atoms with Crippen LogP contribution in [0.25, 0.3) is 11.6 Å². The number of aryl methyl sites for hydroxylation is 1. The minimum absolute atomic E-state index is 0.330. The molecule has 2 aromatic heterocycles. The SMILES string of the molecule is CCOC(=O)/C=C/c1c(SCc2ccc(C)cc2)c(C#N)c2ccccn12. The summed E-state index contributed by atoms with van der Waals surface area (Å²) in [5, 5.41) is 9.73. The molecule has 2 heterocycles. The number of benzene rings is 1. The number of thioether (sulfide) groups is 1. The summed E-state index contributed by atoms with van der Waals surface area (Å²) in [6.07, 6.45) is 5.04. The van der Waals surface area contributed by atoms with E-state index in [1.54, 1.807) is 24.8 Å². The highest BCUT2D eigenvalue weighted by molar-refractivity contribution is 7.98. The molecule has 5 heteroatoms. The van der Waals surface area contributed by atoms with E-state index >= 15 is 0 Å². The van der Waals surface area contributed by atoms with Crippen molar-refractivity contribution in [1.29, 1.82) is 5.26 Å². The zero-order valence-corrected chi connectivity index (χ0v) is 16.1. The number of fused-ring (bicyclic) bond motifs is 1. The highest BCUT2D eigenvalue weighted by atomic mass is 32.2. The van der Waals surface area contributed by atoms with Crippen LogP contribution in [0.5, 0.6) is 0 Å². The normalized spacial score (nSPS) is 11.0. The third-order valence-electron chi connectivity index (χ3n) is 4.11. The van der Waals surface area contributed by atoms with Gasteiger partial charge in [-0.2, -0.15) is 5.26 Å². The maximum Gasteiger partial charge on any atom is 0.330 e. The highest BCUT2D eigenvalue weighted by Gasteiger charge is 2.17. The largest absolute Gasteiger partial charge is 0.463 e. The Hall–Kier alpha value is -2.97. The van der Waals surface area contributed by atoms with Crippen molar-refractivity contribution >= 4 is 29.3 Å². The third-order valence-corrected chi connectivity index (χ3v) is 5.29. The molecule has 0 amide bonds. The molecule has 4 nitrogen and oxygen atoms in total. The lowest BCUT2D eigenvalue weighted by Crippen LogP contribution is -1.99. The van der Waals surface area contributed by atoms with E-state index in [9.17, 15) is 10.1 Å². The first kappa shape index (κ1) is 18.8. The molecule has 0 bridgehead atoms. The van der Waals surface area contributed by atoms with Gasteiger partial charge in [0.25, 0.3) is 0 Å². The van der Waals surface area contributed by atoms with E-state index in [1.807, 2.05) is 28.8 Å². The Balaban J connectivity index is 2.00. The van der Waals surface area contributed by atoms with Crippen molar-refractivity contribution in [3.63, 3.8) is 0 Å². The first-order chi connectivity index (χ1) is 13.1. The molecule has 0 unspecified atom stereocenters. The van der Waals surface area contributed by atoms with Gasteiger partial charge in [0.1, 0.15) is 6.07 Å². The Morgan fingerprint density at radius 2 is 2.04 bits per heavy atom. The Morgan fingerprint density at radius 1 is 1.26 bits per heavy atom. The highest BCUT2D eigenvalue weighted by Crippen LogP contribution is 2.35. The second kappa shape index (κ2) is 8.61. The molecule has 0 saturated heterocycles. The Morgan fingerprint density at radius 3 is 2.74 bits per heavy atom. The standard InChI is InChI=1S/C22H20N2O2S/c1-3-26-21(25)12-11-20-22(27-15-17-9-7-16(2)8-10-17)18(14-23)19-6-4-5-13-24(19)20/h4-13H,3,15H2,1-2H3/b12-11+. The number of carbonyl (C=O) groups is 1. The van der Waals surface area contributed by atoms with Gasteiger partial charge in [0.05, 0.1) is 28.3 Å². The molecular weight excluding hydrogens is 356 g/mol. The Kier molecular flexibility index (Phi) is 6.00. The van der Waals surface area contributed by atoms with E-state index in [1.165, 1.54) is 17.2 Å². The second-order valence-electron chi connectivity index (χ2n) is 6.02. The summed E-state index contributed by atoms with van der Waals surface area (Å²) in [7, 11) is 0. The predicted molar refractivity (Wildman–Crippen MR) is 109 cm³/mol. The molecule has 1 aromatic carbocycles. The van der Waals surface area contributed by atoms with E-state index in [-0.39, 0.29) is 0 Å². The molecule has 136 valence electrons. The average Bonchev–Trinajstić information content (AvgIpc) is 2.98. The lowest BCUT2D eigenvalue weighted by atomic mass is 10.2. The third kappa shape index (κ3) is 4.24. The van der Waals surface area contributed by atoms with E-state index in [4.69, 9.17) is 4.74 Å². The average molecular weight is 376 g/mol. The van der Waals surface area contributed by atoms with Gasteiger partial charge in [-0.1, -0.05) is 35.9 Å². The topological polar surface area (TPSA) is 54.5 Å². The lowest BCUT2D eigenvalue weighted by Gasteiger charge is -2.04. The van der Waals surface area contributed by atoms with Crippen molar-refractivity contribution in [2.24, 2.45) is 0 Å². The van der Waals surface area contributed by atoms with Crippen LogP contribution in [0.3, 0.4) is 0 Å². The quantitative estimate of drug-likeness (QED) is 0.346. The smallest absolute Gasteiger partial charge is 0.330 e. The fraction of sp³-hybridized carbons (Fsp3) is 0.182. The van der Waals surface area contributed by atoms with Crippen LogP contribution in [0.2, 0.25) is 0 Å². The second-order valence-corrected chi connectivity index (χ2v) is 7.00. The first-order valence-corrected chi connectivity index (χ1v) is 9.69. The van der Waals surface area contributed by atoms with Crippen molar-refractivity contribution in [2.75, 3.05) is 6.61 Å². The number of ether oxygens (including phenoxy) is 1. The maximum atomic E-state index is 11.8. The van der Waals surface area contributed by atoms with Gasteiger partial charge in [-0.3, -0.25) is 0 Å². The van der Waals surface area contributed by atoms with Gasteiger partial charge in [0.2, 0.25) is 0 Å². The van der Waals surface area contributed by atoms with Gasteiger partial charge in [-0.05, 0) is 37.6 Å². The van der Waals surface area contributed by atoms with Crippen molar-refractivity contribution in [1.82, 2.24) is 4.40 Å². The van der Waals surface area contributed by atoms with Crippen molar-refractivity contribution in [3.05, 3.63) is 77.1 Å². The van der Waals surface area contributed by atoms with Gasteiger partial charge < -0.3 is 9.14 Å². The van der Waals surface area contributed by atoms with Crippen molar-refractivity contribution < 1.29 is 9.53 Å². The summed E-state index contributed by atoms with van der Waals surface area (Å²) < 4.78 is 6.92. The molecule has 3 rings (SSSR count). The minimum atomic E-state index is -0.392. The van der Waals surface area contributed by atoms with Crippen molar-refractivity contribution in [2.45, 2.75) is 24.5 Å². The van der Waals surface area contributed by atoms with Gasteiger partial charge in [0, 0.05) is 18.0 Å². The monoisotopic (exact) mass is 376 g/mol. The summed E-state index contributed by atoms with van der Waals surface area (Å²) in [6.45, 7) is 4.16. The van der Waals surface area contributed by atoms with Crippen LogP contribution in [0, 0.1) is 18.3 Å². The van der Waals surface area contributed by atoms with Crippen LogP contribution in [-0.2, 0) is 15.3 Å². The lowest BCUT2D eigenvalue weighted by molar-refractivity contribution is -0.137. The molecule has 0 radical (unpaired) electrons. The van der Waals surface area contributed by atoms with E-state index in [2.05, 4.69) is 37.3 Å². The van der Waals surface area contributed by atoms with Gasteiger partial charge in [0.15, 0.2) is 0 Å². The Bertz CT molecular complexity index is 1030. The van der Waals surface area contributed by atoms with Crippen molar-refractivity contribution in [3.8, 4) is 6.07 Å². The number of nitrogens with zero attached hydrogens (tertiary/aromatic N) is 2. The molecule has 0 spiro atoms. The summed E-state index contributed by atoms with van der Waals surface area (Å²) in [5.74, 6) is 0.350. The summed E-state index contributed by atoms with van der Waals surface area (Å²) in [5.41, 5.74) is 4.66. The number of hydrogen-bond acceptors (Lipinski definition) is 4. The maximum absolute atomic E-state index is 11.8. The van der Waals surface area contributed by atoms with Crippen LogP contribution >= 0.6 is 11.8 Å². The summed E-state index contributed by atoms with van der Waals surface area (Å²) >= 11 is 1.60. The number of rotatable bonds is 6. The molecule has 0 aliphatic rings. The number of hydrogen-bond donors (Lipinski definition) is 0. The van der Waals surface area contributed by atoms with Crippen LogP contribution in [0.1, 0.15) is 29.3 Å². The van der Waals surface area contributed by atoms with Crippen LogP contribution < -0.4 is 0 Å². The number of esters is 1. The molecule has 0 fully saturated rings. The summed E-state index contributed by atoms with van der Waals surface area (Å²) in [6, 6.07) is 16.4. The van der Waals surface area contributed by atoms with Crippen LogP contribution in [0.4, 0.5) is 0 Å². The van der Waals surface area contributed by atoms with E-state index in [0.717, 1.165) is 21.9 Å². The number of aromatic nitrogens is 1. The number of pyridine rings is 1. The minimum Gasteiger partial charge on any atom is -0.463 e. The van der Waals surface area contributed by atoms with Crippen LogP contribution in [-0.4, -0.2) is 17.0 Å². The molecular formula is C22H20N2O2S. The number of nitriles is 1. The predicted octanol–water partition coefficient (Wildman–Crippen LogP) is 4.99. The van der Waals surface area contributed by atoms with Gasteiger partial charge in [-0.15, -0.1) is 11.8 Å². The number of carbonyl (C=O) groups excluding carboxylic acids is 1. The van der Waals surface area contributed by atoms with Gasteiger partial charge in [-0.25, -0.2) is 4.79 Å². The molecule has 0 atom stereocenters. The van der Waals surface area contributed by atoms with E-state index < -0.39 is 5.97 Å². The zero-order chi connectivity index (χ0) is 19.2. The molecule has 27 heavy (non-hydrogen) atoms. The first-order valence-electron chi connectivity index (χ1n) is 8.70. The molecule has 0 aliphatic heterocycles. The zero-order valence-electron chi connectivity index (χ0n) is 15.3.